The van der Waals surface area contributed by atoms with Gasteiger partial charge in [-0.05, 0) is 67.5 Å². The molecule has 1 aromatic heterocycles. The molecule has 1 aliphatic heterocycles. The fourth-order valence-corrected chi connectivity index (χ4v) is 3.26. The molecule has 2 aromatic carbocycles. The number of amides is 1. The number of thiocarbonyl (C=S) groups is 1. The Morgan fingerprint density at radius 1 is 1.00 bits per heavy atom. The van der Waals surface area contributed by atoms with Crippen LogP contribution < -0.4 is 10.1 Å². The summed E-state index contributed by atoms with van der Waals surface area (Å²) in [7, 11) is 0. The van der Waals surface area contributed by atoms with Crippen molar-refractivity contribution < 1.29 is 9.53 Å². The Balaban J connectivity index is 1.41. The van der Waals surface area contributed by atoms with Gasteiger partial charge in [-0.15, -0.1) is 0 Å². The summed E-state index contributed by atoms with van der Waals surface area (Å²) < 4.78 is 5.71. The molecule has 0 bridgehead atoms. The molecule has 7 heteroatoms. The van der Waals surface area contributed by atoms with Gasteiger partial charge in [-0.1, -0.05) is 0 Å². The number of carbonyl (C=O) groups excluding carboxylic acids is 1. The van der Waals surface area contributed by atoms with Gasteiger partial charge in [-0.3, -0.25) is 14.8 Å². The van der Waals surface area contributed by atoms with Crippen molar-refractivity contribution in [2.75, 3.05) is 18.4 Å². The van der Waals surface area contributed by atoms with Crippen molar-refractivity contribution >= 4 is 40.0 Å². The number of carbonyl (C=O) groups is 1. The second-order valence-corrected chi connectivity index (χ2v) is 6.65. The SMILES string of the molecule is O=C(Nc1ccc2nccnc2c1)c1ccc(OC(=S)N2CCCC2)cc1. The second kappa shape index (κ2) is 7.67. The molecule has 0 radical (unpaired) electrons. The lowest BCUT2D eigenvalue weighted by molar-refractivity contribution is 0.102. The zero-order valence-electron chi connectivity index (χ0n) is 14.6. The van der Waals surface area contributed by atoms with Crippen molar-refractivity contribution in [2.45, 2.75) is 12.8 Å². The Kier molecular flexibility index (Phi) is 4.93. The zero-order valence-corrected chi connectivity index (χ0v) is 15.4. The molecular formula is C20H18N4O2S. The van der Waals surface area contributed by atoms with Crippen LogP contribution in [0.2, 0.25) is 0 Å². The van der Waals surface area contributed by atoms with E-state index in [0.29, 0.717) is 22.2 Å². The molecule has 1 amide bonds. The highest BCUT2D eigenvalue weighted by Gasteiger charge is 2.16. The van der Waals surface area contributed by atoms with E-state index in [1.165, 1.54) is 0 Å². The molecule has 0 saturated carbocycles. The van der Waals surface area contributed by atoms with E-state index in [-0.39, 0.29) is 5.91 Å². The number of likely N-dealkylation sites (tertiary alicyclic amines) is 1. The molecule has 0 atom stereocenters. The van der Waals surface area contributed by atoms with Crippen LogP contribution in [0.25, 0.3) is 11.0 Å². The van der Waals surface area contributed by atoms with Crippen LogP contribution in [0, 0.1) is 0 Å². The van der Waals surface area contributed by atoms with Crippen LogP contribution in [-0.2, 0) is 0 Å². The van der Waals surface area contributed by atoms with Gasteiger partial charge in [-0.2, -0.15) is 0 Å². The third-order valence-corrected chi connectivity index (χ3v) is 4.75. The smallest absolute Gasteiger partial charge is 0.264 e. The highest BCUT2D eigenvalue weighted by molar-refractivity contribution is 7.80. The molecule has 1 N–H and O–H groups in total. The lowest BCUT2D eigenvalue weighted by Gasteiger charge is -2.18. The van der Waals surface area contributed by atoms with E-state index in [2.05, 4.69) is 20.2 Å². The third kappa shape index (κ3) is 4.03. The molecule has 1 fully saturated rings. The molecule has 27 heavy (non-hydrogen) atoms. The van der Waals surface area contributed by atoms with Crippen molar-refractivity contribution in [1.29, 1.82) is 0 Å². The maximum absolute atomic E-state index is 12.5. The largest absolute Gasteiger partial charge is 0.432 e. The summed E-state index contributed by atoms with van der Waals surface area (Å²) in [4.78, 5) is 23.0. The number of anilines is 1. The lowest BCUT2D eigenvalue weighted by atomic mass is 10.2. The number of hydrogen-bond donors (Lipinski definition) is 1. The fraction of sp³-hybridized carbons (Fsp3) is 0.200. The van der Waals surface area contributed by atoms with Crippen LogP contribution in [0.1, 0.15) is 23.2 Å². The predicted octanol–water partition coefficient (Wildman–Crippen LogP) is 3.64. The number of ether oxygens (including phenoxy) is 1. The highest BCUT2D eigenvalue weighted by Crippen LogP contribution is 2.18. The number of aromatic nitrogens is 2. The van der Waals surface area contributed by atoms with Gasteiger partial charge in [0, 0.05) is 36.7 Å². The van der Waals surface area contributed by atoms with E-state index in [1.807, 2.05) is 6.07 Å². The maximum Gasteiger partial charge on any atom is 0.264 e. The van der Waals surface area contributed by atoms with Gasteiger partial charge >= 0.3 is 0 Å². The molecule has 0 aliphatic carbocycles. The Bertz CT molecular complexity index is 985. The number of rotatable bonds is 3. The normalized spacial score (nSPS) is 13.6. The summed E-state index contributed by atoms with van der Waals surface area (Å²) in [6.07, 6.45) is 5.55. The number of fused-ring (bicyclic) bond motifs is 1. The molecule has 2 heterocycles. The molecule has 136 valence electrons. The quantitative estimate of drug-likeness (QED) is 0.702. The number of hydrogen-bond acceptors (Lipinski definition) is 5. The van der Waals surface area contributed by atoms with Gasteiger partial charge in [-0.25, -0.2) is 0 Å². The van der Waals surface area contributed by atoms with Crippen LogP contribution in [0.3, 0.4) is 0 Å². The molecule has 6 nitrogen and oxygen atoms in total. The van der Waals surface area contributed by atoms with Crippen molar-refractivity contribution in [1.82, 2.24) is 14.9 Å². The van der Waals surface area contributed by atoms with Gasteiger partial charge < -0.3 is 15.0 Å². The first-order valence-electron chi connectivity index (χ1n) is 8.78. The second-order valence-electron chi connectivity index (χ2n) is 6.30. The highest BCUT2D eigenvalue weighted by atomic mass is 32.1. The fourth-order valence-electron chi connectivity index (χ4n) is 2.98. The summed E-state index contributed by atoms with van der Waals surface area (Å²) in [5.74, 6) is 0.427. The van der Waals surface area contributed by atoms with E-state index in [9.17, 15) is 4.79 Å². The summed E-state index contributed by atoms with van der Waals surface area (Å²) in [6, 6.07) is 12.4. The third-order valence-electron chi connectivity index (χ3n) is 4.41. The van der Waals surface area contributed by atoms with Crippen LogP contribution >= 0.6 is 12.2 Å². The van der Waals surface area contributed by atoms with Gasteiger partial charge in [0.25, 0.3) is 11.1 Å². The summed E-state index contributed by atoms with van der Waals surface area (Å²) in [6.45, 7) is 1.88. The number of benzene rings is 2. The summed E-state index contributed by atoms with van der Waals surface area (Å²) >= 11 is 5.32. The zero-order chi connectivity index (χ0) is 18.6. The maximum atomic E-state index is 12.5. The minimum absolute atomic E-state index is 0.202. The Morgan fingerprint density at radius 2 is 1.70 bits per heavy atom. The molecule has 4 rings (SSSR count). The predicted molar refractivity (Wildman–Crippen MR) is 108 cm³/mol. The van der Waals surface area contributed by atoms with Gasteiger partial charge in [0.05, 0.1) is 11.0 Å². The average Bonchev–Trinajstić information content (AvgIpc) is 3.23. The lowest BCUT2D eigenvalue weighted by Crippen LogP contribution is -2.30. The van der Waals surface area contributed by atoms with Crippen LogP contribution in [-0.4, -0.2) is 39.0 Å². The van der Waals surface area contributed by atoms with Crippen LogP contribution in [0.5, 0.6) is 5.75 Å². The van der Waals surface area contributed by atoms with Crippen molar-refractivity contribution in [3.05, 3.63) is 60.4 Å². The van der Waals surface area contributed by atoms with Gasteiger partial charge in [0.1, 0.15) is 5.75 Å². The minimum Gasteiger partial charge on any atom is -0.432 e. The van der Waals surface area contributed by atoms with E-state index >= 15 is 0 Å². The first-order valence-corrected chi connectivity index (χ1v) is 9.19. The molecule has 0 unspecified atom stereocenters. The Hall–Kier alpha value is -3.06. The molecule has 1 saturated heterocycles. The van der Waals surface area contributed by atoms with Crippen molar-refractivity contribution in [3.63, 3.8) is 0 Å². The molecule has 0 spiro atoms. The molecule has 1 aliphatic rings. The van der Waals surface area contributed by atoms with E-state index in [4.69, 9.17) is 17.0 Å². The number of nitrogens with one attached hydrogen (secondary N) is 1. The number of nitrogens with zero attached hydrogens (tertiary/aromatic N) is 3. The summed E-state index contributed by atoms with van der Waals surface area (Å²) in [5.41, 5.74) is 2.72. The van der Waals surface area contributed by atoms with Crippen LogP contribution in [0.4, 0.5) is 5.69 Å². The summed E-state index contributed by atoms with van der Waals surface area (Å²) in [5, 5.41) is 3.36. The first kappa shape index (κ1) is 17.4. The minimum atomic E-state index is -0.202. The van der Waals surface area contributed by atoms with Crippen LogP contribution in [0.15, 0.2) is 54.9 Å². The van der Waals surface area contributed by atoms with Crippen molar-refractivity contribution in [2.24, 2.45) is 0 Å². The molecular weight excluding hydrogens is 360 g/mol. The van der Waals surface area contributed by atoms with Crippen molar-refractivity contribution in [3.8, 4) is 5.75 Å². The monoisotopic (exact) mass is 378 g/mol. The first-order chi connectivity index (χ1) is 13.2. The topological polar surface area (TPSA) is 67.3 Å². The standard InChI is InChI=1S/C20H18N4O2S/c25-19(23-15-5-8-17-18(13-15)22-10-9-21-17)14-3-6-16(7-4-14)26-20(27)24-11-1-2-12-24/h3-10,13H,1-2,11-12H2,(H,23,25). The average molecular weight is 378 g/mol. The Labute approximate surface area is 162 Å². The van der Waals surface area contributed by atoms with Gasteiger partial charge in [0.2, 0.25) is 0 Å². The van der Waals surface area contributed by atoms with Gasteiger partial charge in [0.15, 0.2) is 0 Å². The van der Waals surface area contributed by atoms with E-state index in [0.717, 1.165) is 37.0 Å². The van der Waals surface area contributed by atoms with E-state index in [1.54, 1.807) is 48.8 Å². The molecule has 3 aromatic rings. The Morgan fingerprint density at radius 3 is 2.44 bits per heavy atom. The van der Waals surface area contributed by atoms with E-state index < -0.39 is 0 Å².